The maximum Gasteiger partial charge on any atom is 0.257 e. The van der Waals surface area contributed by atoms with Crippen LogP contribution >= 0.6 is 0 Å². The molecule has 1 rings (SSSR count). The van der Waals surface area contributed by atoms with Gasteiger partial charge in [0.05, 0.1) is 24.3 Å². The molecule has 0 saturated heterocycles. The van der Waals surface area contributed by atoms with E-state index in [4.69, 9.17) is 15.6 Å². The normalized spacial score (nSPS) is 8.75. The van der Waals surface area contributed by atoms with Crippen molar-refractivity contribution in [3.63, 3.8) is 0 Å². The van der Waals surface area contributed by atoms with E-state index in [0.717, 1.165) is 4.90 Å². The number of aliphatic hydroxyl groups is 1. The van der Waals surface area contributed by atoms with Crippen molar-refractivity contribution in [1.29, 1.82) is 10.5 Å². The van der Waals surface area contributed by atoms with Gasteiger partial charge in [-0.25, -0.2) is 0 Å². The molecular weight excluding hydrogens is 256 g/mol. The summed E-state index contributed by atoms with van der Waals surface area (Å²) in [5.74, 6) is 5.06. The molecule has 0 aliphatic carbocycles. The predicted molar refractivity (Wildman–Crippen MR) is 69.9 cm³/mol. The number of carbonyl (C=O) groups excluding carboxylic acids is 1. The van der Waals surface area contributed by atoms with Crippen LogP contribution in [0.2, 0.25) is 0 Å². The maximum atomic E-state index is 12.1. The third-order valence-corrected chi connectivity index (χ3v) is 2.27. The van der Waals surface area contributed by atoms with Crippen molar-refractivity contribution in [3.05, 3.63) is 29.6 Å². The molecule has 1 aromatic rings. The lowest BCUT2D eigenvalue weighted by molar-refractivity contribution is 0.0794. The van der Waals surface area contributed by atoms with Crippen LogP contribution in [0.5, 0.6) is 0 Å². The highest BCUT2D eigenvalue weighted by Gasteiger charge is 2.15. The Labute approximate surface area is 116 Å². The lowest BCUT2D eigenvalue weighted by atomic mass is 10.2. The molecule has 1 heterocycles. The second kappa shape index (κ2) is 8.26. The number of pyridine rings is 1. The fourth-order valence-corrected chi connectivity index (χ4v) is 1.40. The number of hydrogen-bond donors (Lipinski definition) is 1. The average Bonchev–Trinajstić information content (AvgIpc) is 2.47. The van der Waals surface area contributed by atoms with Crippen molar-refractivity contribution in [1.82, 2.24) is 9.88 Å². The molecule has 0 atom stereocenters. The van der Waals surface area contributed by atoms with Crippen molar-refractivity contribution in [3.8, 4) is 24.0 Å². The van der Waals surface area contributed by atoms with Gasteiger partial charge < -0.3 is 10.0 Å². The molecule has 0 unspecified atom stereocenters. The van der Waals surface area contributed by atoms with Gasteiger partial charge in [-0.3, -0.25) is 9.78 Å². The van der Waals surface area contributed by atoms with Crippen molar-refractivity contribution in [2.24, 2.45) is 0 Å². The highest BCUT2D eigenvalue weighted by atomic mass is 16.2. The molecule has 0 aromatic carbocycles. The molecule has 0 spiro atoms. The third kappa shape index (κ3) is 4.42. The minimum absolute atomic E-state index is 0.0306. The molecular formula is C14H12N4O2. The zero-order valence-corrected chi connectivity index (χ0v) is 10.7. The number of aromatic nitrogens is 1. The number of aliphatic hydroxyl groups excluding tert-OH is 1. The number of rotatable bonds is 4. The minimum atomic E-state index is -0.439. The summed E-state index contributed by atoms with van der Waals surface area (Å²) in [6, 6.07) is 5.22. The van der Waals surface area contributed by atoms with E-state index in [1.807, 2.05) is 12.1 Å². The van der Waals surface area contributed by atoms with Gasteiger partial charge in [-0.15, -0.1) is 0 Å². The molecule has 0 bridgehead atoms. The van der Waals surface area contributed by atoms with Crippen molar-refractivity contribution < 1.29 is 9.90 Å². The SMILES string of the molecule is N#CCN(CC#N)C(=O)c1cncc(C#CCCO)c1. The highest BCUT2D eigenvalue weighted by molar-refractivity contribution is 5.94. The Kier molecular flexibility index (Phi) is 6.27. The monoisotopic (exact) mass is 268 g/mol. The fourth-order valence-electron chi connectivity index (χ4n) is 1.40. The number of amides is 1. The molecule has 0 radical (unpaired) electrons. The molecule has 100 valence electrons. The summed E-state index contributed by atoms with van der Waals surface area (Å²) >= 11 is 0. The Balaban J connectivity index is 2.94. The van der Waals surface area contributed by atoms with Gasteiger partial charge in [-0.05, 0) is 6.07 Å². The Morgan fingerprint density at radius 1 is 1.30 bits per heavy atom. The first-order chi connectivity index (χ1) is 9.72. The fraction of sp³-hybridized carbons (Fsp3) is 0.286. The first kappa shape index (κ1) is 15.2. The summed E-state index contributed by atoms with van der Waals surface area (Å²) in [6.07, 6.45) is 3.20. The average molecular weight is 268 g/mol. The van der Waals surface area contributed by atoms with Gasteiger partial charge in [-0.2, -0.15) is 10.5 Å². The van der Waals surface area contributed by atoms with E-state index in [9.17, 15) is 4.79 Å². The van der Waals surface area contributed by atoms with Crippen molar-refractivity contribution in [2.75, 3.05) is 19.7 Å². The molecule has 0 fully saturated rings. The number of nitriles is 2. The topological polar surface area (TPSA) is 101 Å². The van der Waals surface area contributed by atoms with E-state index in [0.29, 0.717) is 12.0 Å². The van der Waals surface area contributed by atoms with Crippen LogP contribution in [0.4, 0.5) is 0 Å². The van der Waals surface area contributed by atoms with Crippen molar-refractivity contribution in [2.45, 2.75) is 6.42 Å². The number of hydrogen-bond acceptors (Lipinski definition) is 5. The zero-order valence-electron chi connectivity index (χ0n) is 10.7. The molecule has 20 heavy (non-hydrogen) atoms. The van der Waals surface area contributed by atoms with Gasteiger partial charge in [0.25, 0.3) is 5.91 Å². The van der Waals surface area contributed by atoms with Gasteiger partial charge in [0.1, 0.15) is 13.1 Å². The molecule has 0 aliphatic rings. The highest BCUT2D eigenvalue weighted by Crippen LogP contribution is 2.06. The summed E-state index contributed by atoms with van der Waals surface area (Å²) in [5, 5.41) is 25.9. The van der Waals surface area contributed by atoms with Crippen LogP contribution in [-0.2, 0) is 0 Å². The molecule has 1 N–H and O–H groups in total. The molecule has 6 nitrogen and oxygen atoms in total. The maximum absolute atomic E-state index is 12.1. The van der Waals surface area contributed by atoms with E-state index in [2.05, 4.69) is 16.8 Å². The number of carbonyl (C=O) groups is 1. The minimum Gasteiger partial charge on any atom is -0.395 e. The quantitative estimate of drug-likeness (QED) is 0.625. The van der Waals surface area contributed by atoms with Crippen LogP contribution < -0.4 is 0 Å². The largest absolute Gasteiger partial charge is 0.395 e. The van der Waals surface area contributed by atoms with E-state index < -0.39 is 5.91 Å². The third-order valence-electron chi connectivity index (χ3n) is 2.27. The second-order valence-electron chi connectivity index (χ2n) is 3.72. The van der Waals surface area contributed by atoms with E-state index in [1.165, 1.54) is 12.4 Å². The summed E-state index contributed by atoms with van der Waals surface area (Å²) in [5.41, 5.74) is 0.810. The van der Waals surface area contributed by atoms with Crippen LogP contribution in [0.1, 0.15) is 22.3 Å². The first-order valence-electron chi connectivity index (χ1n) is 5.81. The lowest BCUT2D eigenvalue weighted by Crippen LogP contribution is -2.31. The molecule has 1 amide bonds. The van der Waals surface area contributed by atoms with Crippen LogP contribution in [0.25, 0.3) is 0 Å². The molecule has 0 aliphatic heterocycles. The van der Waals surface area contributed by atoms with Gasteiger partial charge in [0.2, 0.25) is 0 Å². The van der Waals surface area contributed by atoms with E-state index in [-0.39, 0.29) is 25.3 Å². The Morgan fingerprint density at radius 3 is 2.60 bits per heavy atom. The van der Waals surface area contributed by atoms with Gasteiger partial charge in [-0.1, -0.05) is 11.8 Å². The second-order valence-corrected chi connectivity index (χ2v) is 3.72. The molecule has 1 aromatic heterocycles. The predicted octanol–water partition coefficient (Wildman–Crippen LogP) is 0.305. The van der Waals surface area contributed by atoms with Crippen molar-refractivity contribution >= 4 is 5.91 Å². The van der Waals surface area contributed by atoms with Crippen LogP contribution in [0, 0.1) is 34.5 Å². The van der Waals surface area contributed by atoms with Crippen LogP contribution in [0.15, 0.2) is 18.5 Å². The van der Waals surface area contributed by atoms with Gasteiger partial charge in [0.15, 0.2) is 0 Å². The number of nitrogens with zero attached hydrogens (tertiary/aromatic N) is 4. The van der Waals surface area contributed by atoms with E-state index >= 15 is 0 Å². The standard InChI is InChI=1S/C14H12N4O2/c15-4-6-18(7-5-16)14(20)13-9-12(10-17-11-13)3-1-2-8-19/h9-11,19H,2,6-8H2. The molecule has 0 saturated carbocycles. The van der Waals surface area contributed by atoms with Crippen LogP contribution in [-0.4, -0.2) is 40.6 Å². The van der Waals surface area contributed by atoms with E-state index in [1.54, 1.807) is 6.07 Å². The van der Waals surface area contributed by atoms with Gasteiger partial charge in [0, 0.05) is 24.4 Å². The smallest absolute Gasteiger partial charge is 0.257 e. The summed E-state index contributed by atoms with van der Waals surface area (Å²) in [4.78, 5) is 17.1. The summed E-state index contributed by atoms with van der Waals surface area (Å²) < 4.78 is 0. The first-order valence-corrected chi connectivity index (χ1v) is 5.81. The Bertz CT molecular complexity index is 601. The summed E-state index contributed by atoms with van der Waals surface area (Å²) in [7, 11) is 0. The van der Waals surface area contributed by atoms with Gasteiger partial charge >= 0.3 is 0 Å². The Morgan fingerprint density at radius 2 is 2.00 bits per heavy atom. The zero-order chi connectivity index (χ0) is 14.8. The Hall–Kier alpha value is -2.88. The molecule has 6 heteroatoms. The lowest BCUT2D eigenvalue weighted by Gasteiger charge is -2.15. The van der Waals surface area contributed by atoms with Crippen LogP contribution in [0.3, 0.4) is 0 Å². The summed E-state index contributed by atoms with van der Waals surface area (Å²) in [6.45, 7) is -0.350.